The highest BCUT2D eigenvalue weighted by Gasteiger charge is 2.21. The molecule has 2 N–H and O–H groups in total. The summed E-state index contributed by atoms with van der Waals surface area (Å²) in [6, 6.07) is 0. The fraction of sp³-hybridized carbons (Fsp3) is 0.625. The van der Waals surface area contributed by atoms with E-state index < -0.39 is 0 Å². The van der Waals surface area contributed by atoms with E-state index in [4.69, 9.17) is 0 Å². The van der Waals surface area contributed by atoms with Gasteiger partial charge in [-0.1, -0.05) is 0 Å². The molecular weight excluding hydrogens is 449 g/mol. The average Bonchev–Trinajstić information content (AvgIpc) is 3.10. The van der Waals surface area contributed by atoms with Crippen LogP contribution >= 0.6 is 35.3 Å². The smallest absolute Gasteiger partial charge is 0.191 e. The molecule has 1 atom stereocenters. The molecule has 9 heteroatoms. The SMILES string of the molecule is CN=C(NCc1nc(C)c(C)s1)NCC1CCc2nnc(C)n2C1.I. The van der Waals surface area contributed by atoms with Gasteiger partial charge in [-0.2, -0.15) is 0 Å². The topological polar surface area (TPSA) is 80.0 Å². The molecule has 0 aromatic carbocycles. The van der Waals surface area contributed by atoms with E-state index in [1.165, 1.54) is 4.88 Å². The Morgan fingerprint density at radius 2 is 2.08 bits per heavy atom. The molecule has 25 heavy (non-hydrogen) atoms. The summed E-state index contributed by atoms with van der Waals surface area (Å²) < 4.78 is 2.23. The van der Waals surface area contributed by atoms with Gasteiger partial charge in [0.1, 0.15) is 16.7 Å². The molecule has 3 heterocycles. The lowest BCUT2D eigenvalue weighted by Gasteiger charge is -2.24. The second kappa shape index (κ2) is 8.93. The summed E-state index contributed by atoms with van der Waals surface area (Å²) in [6.45, 7) is 8.75. The molecular formula is C16H26IN7S. The fourth-order valence-electron chi connectivity index (χ4n) is 2.93. The van der Waals surface area contributed by atoms with Gasteiger partial charge in [0.05, 0.1) is 12.2 Å². The van der Waals surface area contributed by atoms with Gasteiger partial charge >= 0.3 is 0 Å². The summed E-state index contributed by atoms with van der Waals surface area (Å²) in [7, 11) is 1.80. The maximum absolute atomic E-state index is 4.55. The Morgan fingerprint density at radius 1 is 1.28 bits per heavy atom. The standard InChI is InChI=1S/C16H25N7S.HI/c1-10-11(2)24-15(20-10)8-19-16(17-4)18-7-13-5-6-14-22-21-12(3)23(14)9-13;/h13H,5-9H2,1-4H3,(H2,17,18,19);1H. The van der Waals surface area contributed by atoms with Crippen molar-refractivity contribution in [1.29, 1.82) is 0 Å². The van der Waals surface area contributed by atoms with Crippen LogP contribution in [0, 0.1) is 26.7 Å². The van der Waals surface area contributed by atoms with Gasteiger partial charge in [0.25, 0.3) is 0 Å². The molecule has 1 aliphatic heterocycles. The summed E-state index contributed by atoms with van der Waals surface area (Å²) in [5.74, 6) is 3.51. The van der Waals surface area contributed by atoms with Crippen LogP contribution in [0.4, 0.5) is 0 Å². The molecule has 0 fully saturated rings. The number of rotatable bonds is 4. The van der Waals surface area contributed by atoms with E-state index >= 15 is 0 Å². The number of aromatic nitrogens is 4. The minimum Gasteiger partial charge on any atom is -0.356 e. The summed E-state index contributed by atoms with van der Waals surface area (Å²) in [5, 5.41) is 16.3. The zero-order valence-corrected chi connectivity index (χ0v) is 18.3. The van der Waals surface area contributed by atoms with E-state index in [0.29, 0.717) is 12.5 Å². The number of nitrogens with one attached hydrogen (secondary N) is 2. The lowest BCUT2D eigenvalue weighted by molar-refractivity contribution is 0.358. The minimum absolute atomic E-state index is 0. The first-order valence-electron chi connectivity index (χ1n) is 8.33. The van der Waals surface area contributed by atoms with Crippen LogP contribution in [0.3, 0.4) is 0 Å². The van der Waals surface area contributed by atoms with Gasteiger partial charge in [-0.15, -0.1) is 45.5 Å². The summed E-state index contributed by atoms with van der Waals surface area (Å²) in [4.78, 5) is 10.1. The monoisotopic (exact) mass is 475 g/mol. The van der Waals surface area contributed by atoms with Gasteiger partial charge in [-0.3, -0.25) is 4.99 Å². The van der Waals surface area contributed by atoms with Crippen molar-refractivity contribution in [3.05, 3.63) is 27.2 Å². The Balaban J connectivity index is 0.00000225. The molecule has 0 spiro atoms. The van der Waals surface area contributed by atoms with Crippen LogP contribution in [0.15, 0.2) is 4.99 Å². The number of aryl methyl sites for hydroxylation is 4. The van der Waals surface area contributed by atoms with Crippen LogP contribution in [0.2, 0.25) is 0 Å². The molecule has 3 rings (SSSR count). The lowest BCUT2D eigenvalue weighted by Crippen LogP contribution is -2.41. The van der Waals surface area contributed by atoms with E-state index in [1.807, 2.05) is 13.8 Å². The number of thiazole rings is 1. The number of guanidine groups is 1. The molecule has 1 unspecified atom stereocenters. The second-order valence-corrected chi connectivity index (χ2v) is 7.52. The van der Waals surface area contributed by atoms with Crippen LogP contribution in [0.1, 0.15) is 33.6 Å². The third-order valence-corrected chi connectivity index (χ3v) is 5.56. The van der Waals surface area contributed by atoms with Crippen molar-refractivity contribution in [3.63, 3.8) is 0 Å². The van der Waals surface area contributed by atoms with Gasteiger partial charge < -0.3 is 15.2 Å². The highest BCUT2D eigenvalue weighted by atomic mass is 127. The zero-order chi connectivity index (χ0) is 17.1. The van der Waals surface area contributed by atoms with Crippen LogP contribution < -0.4 is 10.6 Å². The second-order valence-electron chi connectivity index (χ2n) is 6.23. The minimum atomic E-state index is 0. The maximum atomic E-state index is 4.55. The van der Waals surface area contributed by atoms with Gasteiger partial charge in [-0.25, -0.2) is 4.98 Å². The van der Waals surface area contributed by atoms with Gasteiger partial charge in [0.15, 0.2) is 5.96 Å². The van der Waals surface area contributed by atoms with E-state index in [2.05, 4.69) is 42.3 Å². The Labute approximate surface area is 169 Å². The summed E-state index contributed by atoms with van der Waals surface area (Å²) >= 11 is 1.73. The Hall–Kier alpha value is -1.23. The van der Waals surface area contributed by atoms with Crippen LogP contribution in [-0.2, 0) is 19.5 Å². The zero-order valence-electron chi connectivity index (χ0n) is 15.2. The Kier molecular flexibility index (Phi) is 7.17. The van der Waals surface area contributed by atoms with Crippen LogP contribution in [0.5, 0.6) is 0 Å². The van der Waals surface area contributed by atoms with Crippen molar-refractivity contribution in [2.24, 2.45) is 10.9 Å². The third-order valence-electron chi connectivity index (χ3n) is 4.49. The van der Waals surface area contributed by atoms with Crippen molar-refractivity contribution >= 4 is 41.3 Å². The summed E-state index contributed by atoms with van der Waals surface area (Å²) in [6.07, 6.45) is 2.13. The molecule has 1 aliphatic rings. The van der Waals surface area contributed by atoms with E-state index in [9.17, 15) is 0 Å². The van der Waals surface area contributed by atoms with Crippen molar-refractivity contribution in [2.45, 2.75) is 46.7 Å². The first-order chi connectivity index (χ1) is 11.6. The van der Waals surface area contributed by atoms with Crippen molar-refractivity contribution in [1.82, 2.24) is 30.4 Å². The molecule has 0 radical (unpaired) electrons. The van der Waals surface area contributed by atoms with E-state index in [0.717, 1.165) is 54.2 Å². The number of aliphatic imine (C=N–C) groups is 1. The van der Waals surface area contributed by atoms with Crippen molar-refractivity contribution < 1.29 is 0 Å². The van der Waals surface area contributed by atoms with Crippen LogP contribution in [0.25, 0.3) is 0 Å². The van der Waals surface area contributed by atoms with Gasteiger partial charge in [-0.05, 0) is 33.1 Å². The van der Waals surface area contributed by atoms with E-state index in [-0.39, 0.29) is 24.0 Å². The average molecular weight is 475 g/mol. The highest BCUT2D eigenvalue weighted by molar-refractivity contribution is 14.0. The molecule has 7 nitrogen and oxygen atoms in total. The van der Waals surface area contributed by atoms with E-state index in [1.54, 1.807) is 18.4 Å². The molecule has 0 saturated heterocycles. The largest absolute Gasteiger partial charge is 0.356 e. The molecule has 2 aromatic rings. The normalized spacial score (nSPS) is 17.0. The molecule has 0 aliphatic carbocycles. The first-order valence-corrected chi connectivity index (χ1v) is 9.14. The van der Waals surface area contributed by atoms with Gasteiger partial charge in [0, 0.05) is 31.4 Å². The van der Waals surface area contributed by atoms with Crippen molar-refractivity contribution in [3.8, 4) is 0 Å². The number of hydrogen-bond acceptors (Lipinski definition) is 5. The summed E-state index contributed by atoms with van der Waals surface area (Å²) in [5.41, 5.74) is 1.11. The molecule has 0 amide bonds. The predicted molar refractivity (Wildman–Crippen MR) is 112 cm³/mol. The van der Waals surface area contributed by atoms with Crippen molar-refractivity contribution in [2.75, 3.05) is 13.6 Å². The molecule has 0 bridgehead atoms. The number of hydrogen-bond donors (Lipinski definition) is 2. The van der Waals surface area contributed by atoms with Crippen LogP contribution in [-0.4, -0.2) is 39.3 Å². The molecule has 138 valence electrons. The first kappa shape index (κ1) is 20.1. The highest BCUT2D eigenvalue weighted by Crippen LogP contribution is 2.19. The number of fused-ring (bicyclic) bond motifs is 1. The predicted octanol–water partition coefficient (Wildman–Crippen LogP) is 2.21. The third kappa shape index (κ3) is 4.90. The van der Waals surface area contributed by atoms with Gasteiger partial charge in [0.2, 0.25) is 0 Å². The number of nitrogens with zero attached hydrogens (tertiary/aromatic N) is 5. The quantitative estimate of drug-likeness (QED) is 0.403. The molecule has 2 aromatic heterocycles. The number of halogens is 1. The fourth-order valence-corrected chi connectivity index (χ4v) is 3.81. The maximum Gasteiger partial charge on any atom is 0.191 e. The Bertz CT molecular complexity index is 717. The Morgan fingerprint density at radius 3 is 2.76 bits per heavy atom. The lowest BCUT2D eigenvalue weighted by atomic mass is 9.99. The molecule has 0 saturated carbocycles.